The third-order valence-electron chi connectivity index (χ3n) is 1.40. The SMILES string of the molecule is NC(N)=Nc1cc(OC(F)(F)F)ccc1Cl. The van der Waals surface area contributed by atoms with Crippen LogP contribution in [0.25, 0.3) is 0 Å². The lowest BCUT2D eigenvalue weighted by molar-refractivity contribution is -0.274. The van der Waals surface area contributed by atoms with Crippen LogP contribution in [-0.4, -0.2) is 12.3 Å². The van der Waals surface area contributed by atoms with Gasteiger partial charge in [0.1, 0.15) is 5.75 Å². The first-order valence-electron chi connectivity index (χ1n) is 3.93. The molecule has 0 unspecified atom stereocenters. The molecule has 0 aromatic heterocycles. The van der Waals surface area contributed by atoms with Crippen LogP contribution >= 0.6 is 11.6 Å². The maximum Gasteiger partial charge on any atom is 0.573 e. The number of rotatable bonds is 2. The molecule has 0 radical (unpaired) electrons. The molecule has 1 rings (SSSR count). The van der Waals surface area contributed by atoms with Gasteiger partial charge in [0.25, 0.3) is 0 Å². The van der Waals surface area contributed by atoms with Crippen LogP contribution < -0.4 is 16.2 Å². The first kappa shape index (κ1) is 12.4. The summed E-state index contributed by atoms with van der Waals surface area (Å²) >= 11 is 5.66. The van der Waals surface area contributed by atoms with E-state index in [9.17, 15) is 13.2 Å². The van der Waals surface area contributed by atoms with E-state index in [1.165, 1.54) is 6.07 Å². The summed E-state index contributed by atoms with van der Waals surface area (Å²) in [4.78, 5) is 3.54. The Morgan fingerprint density at radius 3 is 2.44 bits per heavy atom. The summed E-state index contributed by atoms with van der Waals surface area (Å²) in [5.74, 6) is -0.761. The van der Waals surface area contributed by atoms with E-state index in [-0.39, 0.29) is 16.7 Å². The van der Waals surface area contributed by atoms with Crippen LogP contribution in [0.3, 0.4) is 0 Å². The number of hydrogen-bond acceptors (Lipinski definition) is 2. The molecule has 4 N–H and O–H groups in total. The van der Waals surface area contributed by atoms with Gasteiger partial charge in [0, 0.05) is 6.07 Å². The molecule has 0 amide bonds. The maximum absolute atomic E-state index is 11.9. The van der Waals surface area contributed by atoms with E-state index >= 15 is 0 Å². The zero-order chi connectivity index (χ0) is 12.3. The van der Waals surface area contributed by atoms with Gasteiger partial charge in [-0.3, -0.25) is 0 Å². The van der Waals surface area contributed by atoms with E-state index in [4.69, 9.17) is 23.1 Å². The number of alkyl halides is 3. The summed E-state index contributed by atoms with van der Waals surface area (Å²) in [6.45, 7) is 0. The number of hydrogen-bond donors (Lipinski definition) is 2. The third-order valence-corrected chi connectivity index (χ3v) is 1.72. The number of nitrogens with two attached hydrogens (primary N) is 2. The number of halogens is 4. The van der Waals surface area contributed by atoms with Crippen LogP contribution in [0, 0.1) is 0 Å². The molecular formula is C8H7ClF3N3O. The molecule has 0 atom stereocenters. The summed E-state index contributed by atoms with van der Waals surface area (Å²) < 4.78 is 39.4. The smallest absolute Gasteiger partial charge is 0.406 e. The van der Waals surface area contributed by atoms with Gasteiger partial charge in [0.2, 0.25) is 0 Å². The molecule has 88 valence electrons. The Hall–Kier alpha value is -1.63. The van der Waals surface area contributed by atoms with Crippen LogP contribution in [0.15, 0.2) is 23.2 Å². The average molecular weight is 254 g/mol. The molecule has 0 saturated heterocycles. The van der Waals surface area contributed by atoms with Gasteiger partial charge in [0.15, 0.2) is 5.96 Å². The van der Waals surface area contributed by atoms with Crippen LogP contribution in [0.2, 0.25) is 5.02 Å². The highest BCUT2D eigenvalue weighted by molar-refractivity contribution is 6.33. The number of benzene rings is 1. The largest absolute Gasteiger partial charge is 0.573 e. The molecular weight excluding hydrogens is 247 g/mol. The van der Waals surface area contributed by atoms with Gasteiger partial charge >= 0.3 is 6.36 Å². The van der Waals surface area contributed by atoms with Crippen molar-refractivity contribution in [3.05, 3.63) is 23.2 Å². The predicted molar refractivity (Wildman–Crippen MR) is 53.6 cm³/mol. The van der Waals surface area contributed by atoms with Crippen molar-refractivity contribution in [1.29, 1.82) is 0 Å². The minimum atomic E-state index is -4.77. The summed E-state index contributed by atoms with van der Waals surface area (Å²) in [6.07, 6.45) is -4.77. The van der Waals surface area contributed by atoms with Gasteiger partial charge in [0.05, 0.1) is 10.7 Å². The van der Waals surface area contributed by atoms with Crippen molar-refractivity contribution in [3.63, 3.8) is 0 Å². The monoisotopic (exact) mass is 253 g/mol. The zero-order valence-corrected chi connectivity index (χ0v) is 8.51. The molecule has 0 aliphatic carbocycles. The second-order valence-electron chi connectivity index (χ2n) is 2.70. The summed E-state index contributed by atoms with van der Waals surface area (Å²) in [7, 11) is 0. The molecule has 8 heteroatoms. The Labute approximate surface area is 93.6 Å². The van der Waals surface area contributed by atoms with E-state index in [1.54, 1.807) is 0 Å². The Balaban J connectivity index is 3.03. The van der Waals surface area contributed by atoms with Gasteiger partial charge in [-0.1, -0.05) is 11.6 Å². The molecule has 1 aromatic rings. The first-order chi connectivity index (χ1) is 7.28. The molecule has 16 heavy (non-hydrogen) atoms. The van der Waals surface area contributed by atoms with Crippen molar-refractivity contribution in [3.8, 4) is 5.75 Å². The summed E-state index contributed by atoms with van der Waals surface area (Å²) in [5.41, 5.74) is 10.2. The second kappa shape index (κ2) is 4.48. The lowest BCUT2D eigenvalue weighted by atomic mass is 10.3. The van der Waals surface area contributed by atoms with Gasteiger partial charge in [-0.05, 0) is 12.1 Å². The Morgan fingerprint density at radius 1 is 1.31 bits per heavy atom. The van der Waals surface area contributed by atoms with Gasteiger partial charge in [-0.2, -0.15) is 0 Å². The fraction of sp³-hybridized carbons (Fsp3) is 0.125. The number of aliphatic imine (C=N–C) groups is 1. The van der Waals surface area contributed by atoms with E-state index in [1.807, 2.05) is 0 Å². The first-order valence-corrected chi connectivity index (χ1v) is 4.30. The van der Waals surface area contributed by atoms with Crippen LogP contribution in [0.5, 0.6) is 5.75 Å². The van der Waals surface area contributed by atoms with E-state index < -0.39 is 12.1 Å². The van der Waals surface area contributed by atoms with E-state index in [0.29, 0.717) is 0 Å². The molecule has 1 aromatic carbocycles. The fourth-order valence-electron chi connectivity index (χ4n) is 0.914. The Morgan fingerprint density at radius 2 is 1.94 bits per heavy atom. The highest BCUT2D eigenvalue weighted by atomic mass is 35.5. The highest BCUT2D eigenvalue weighted by Crippen LogP contribution is 2.31. The number of nitrogens with zero attached hydrogens (tertiary/aromatic N) is 1. The second-order valence-corrected chi connectivity index (χ2v) is 3.10. The lowest BCUT2D eigenvalue weighted by Crippen LogP contribution is -2.22. The van der Waals surface area contributed by atoms with Crippen molar-refractivity contribution in [2.24, 2.45) is 16.5 Å². The van der Waals surface area contributed by atoms with Crippen molar-refractivity contribution in [2.45, 2.75) is 6.36 Å². The fourth-order valence-corrected chi connectivity index (χ4v) is 1.07. The number of guanidine groups is 1. The minimum Gasteiger partial charge on any atom is -0.406 e. The molecule has 4 nitrogen and oxygen atoms in total. The predicted octanol–water partition coefficient (Wildman–Crippen LogP) is 2.14. The lowest BCUT2D eigenvalue weighted by Gasteiger charge is -2.09. The zero-order valence-electron chi connectivity index (χ0n) is 7.75. The third kappa shape index (κ3) is 3.85. The Bertz CT molecular complexity index is 415. The van der Waals surface area contributed by atoms with Crippen molar-refractivity contribution in [1.82, 2.24) is 0 Å². The molecule has 0 heterocycles. The average Bonchev–Trinajstić information content (AvgIpc) is 2.07. The van der Waals surface area contributed by atoms with E-state index in [2.05, 4.69) is 9.73 Å². The van der Waals surface area contributed by atoms with Crippen molar-refractivity contribution in [2.75, 3.05) is 0 Å². The highest BCUT2D eigenvalue weighted by Gasteiger charge is 2.31. The molecule has 0 aliphatic heterocycles. The van der Waals surface area contributed by atoms with Gasteiger partial charge in [-0.15, -0.1) is 13.2 Å². The minimum absolute atomic E-state index is 0.00316. The normalized spacial score (nSPS) is 11.0. The van der Waals surface area contributed by atoms with Gasteiger partial charge in [-0.25, -0.2) is 4.99 Å². The maximum atomic E-state index is 11.9. The quantitative estimate of drug-likeness (QED) is 0.626. The van der Waals surface area contributed by atoms with Crippen LogP contribution in [-0.2, 0) is 0 Å². The number of ether oxygens (including phenoxy) is 1. The van der Waals surface area contributed by atoms with Gasteiger partial charge < -0.3 is 16.2 Å². The topological polar surface area (TPSA) is 73.6 Å². The van der Waals surface area contributed by atoms with Crippen LogP contribution in [0.4, 0.5) is 18.9 Å². The molecule has 0 saturated carbocycles. The molecule has 0 aliphatic rings. The van der Waals surface area contributed by atoms with Crippen molar-refractivity contribution >= 4 is 23.2 Å². The van der Waals surface area contributed by atoms with Crippen molar-refractivity contribution < 1.29 is 17.9 Å². The molecule has 0 fully saturated rings. The van der Waals surface area contributed by atoms with E-state index in [0.717, 1.165) is 12.1 Å². The Kier molecular flexibility index (Phi) is 3.48. The summed E-state index contributed by atoms with van der Waals surface area (Å²) in [5, 5.41) is 0.114. The molecule has 0 spiro atoms. The standard InChI is InChI=1S/C8H7ClF3N3O/c9-5-2-1-4(16-8(10,11)12)3-6(5)15-7(13)14/h1-3H,(H4,13,14,15). The summed E-state index contributed by atoms with van der Waals surface area (Å²) in [6, 6.07) is 3.24. The van der Waals surface area contributed by atoms with Crippen LogP contribution in [0.1, 0.15) is 0 Å². The molecule has 0 bridgehead atoms.